The number of aryl methyl sites for hydroxylation is 2. The number of aliphatic carboxylic acids is 1. The van der Waals surface area contributed by atoms with Gasteiger partial charge in [0, 0.05) is 4.88 Å². The number of nitrogens with zero attached hydrogens (tertiary/aromatic N) is 2. The second-order valence-electron chi connectivity index (χ2n) is 4.43. The number of carbonyl (C=O) groups excluding carboxylic acids is 1. The molecule has 0 aromatic carbocycles. The molecule has 2 heterocycles. The molecule has 0 atom stereocenters. The summed E-state index contributed by atoms with van der Waals surface area (Å²) in [5.74, 6) is -0.338. The van der Waals surface area contributed by atoms with Gasteiger partial charge in [-0.3, -0.25) is 5.32 Å². The molecule has 1 aliphatic carbocycles. The van der Waals surface area contributed by atoms with Crippen molar-refractivity contribution >= 4 is 33.3 Å². The van der Waals surface area contributed by atoms with E-state index in [9.17, 15) is 9.90 Å². The third-order valence-electron chi connectivity index (χ3n) is 3.24. The molecule has 5 nitrogen and oxygen atoms in total. The van der Waals surface area contributed by atoms with Crippen molar-refractivity contribution in [3.05, 3.63) is 16.8 Å². The molecule has 2 aromatic rings. The van der Waals surface area contributed by atoms with Gasteiger partial charge in [0.1, 0.15) is 17.7 Å². The molecule has 0 unspecified atom stereocenters. The Hall–Kier alpha value is -1.53. The fraction of sp³-hybridized carbons (Fsp3) is 0.417. The predicted octanol–water partition coefficient (Wildman–Crippen LogP) is -0.485. The van der Waals surface area contributed by atoms with E-state index in [0.717, 1.165) is 28.9 Å². The van der Waals surface area contributed by atoms with E-state index in [1.807, 2.05) is 0 Å². The molecule has 2 N–H and O–H groups in total. The summed E-state index contributed by atoms with van der Waals surface area (Å²) in [6.45, 7) is -0.100. The van der Waals surface area contributed by atoms with Crippen molar-refractivity contribution in [1.29, 1.82) is 0 Å². The molecule has 0 saturated heterocycles. The molecule has 3 rings (SSSR count). The molecule has 1 aliphatic rings. The number of hydrogen-bond donors (Lipinski definition) is 1. The Morgan fingerprint density at radius 3 is 3.06 bits per heavy atom. The van der Waals surface area contributed by atoms with E-state index in [-0.39, 0.29) is 6.54 Å². The van der Waals surface area contributed by atoms with E-state index in [1.165, 1.54) is 29.6 Å². The number of rotatable bonds is 3. The van der Waals surface area contributed by atoms with Crippen molar-refractivity contribution in [2.24, 2.45) is 0 Å². The van der Waals surface area contributed by atoms with E-state index in [2.05, 4.69) is 9.97 Å². The highest BCUT2D eigenvalue weighted by Gasteiger charge is 2.21. The number of hydrogen-bond acceptors (Lipinski definition) is 5. The van der Waals surface area contributed by atoms with Crippen LogP contribution in [0.2, 0.25) is 0 Å². The number of aromatic nitrogens is 2. The van der Waals surface area contributed by atoms with Gasteiger partial charge in [-0.05, 0) is 31.2 Å². The zero-order valence-corrected chi connectivity index (χ0v) is 10.6. The smallest absolute Gasteiger partial charge is 0.236 e. The summed E-state index contributed by atoms with van der Waals surface area (Å²) in [4.78, 5) is 21.4. The third-order valence-corrected chi connectivity index (χ3v) is 4.44. The van der Waals surface area contributed by atoms with Crippen LogP contribution in [0, 0.1) is 0 Å². The van der Waals surface area contributed by atoms with Crippen LogP contribution in [0.5, 0.6) is 0 Å². The summed E-state index contributed by atoms with van der Waals surface area (Å²) >= 11 is 1.71. The minimum Gasteiger partial charge on any atom is -0.544 e. The summed E-state index contributed by atoms with van der Waals surface area (Å²) in [5, 5.41) is 13.2. The average molecular weight is 263 g/mol. The molecule has 0 fully saturated rings. The fourth-order valence-corrected chi connectivity index (χ4v) is 3.69. The Labute approximate surface area is 108 Å². The average Bonchev–Trinajstić information content (AvgIpc) is 2.75. The molecule has 0 radical (unpaired) electrons. The van der Waals surface area contributed by atoms with Crippen LogP contribution < -0.4 is 10.4 Å². The first-order valence-corrected chi connectivity index (χ1v) is 6.85. The normalized spacial score (nSPS) is 14.7. The summed E-state index contributed by atoms with van der Waals surface area (Å²) < 4.78 is 0. The predicted molar refractivity (Wildman–Crippen MR) is 65.5 cm³/mol. The summed E-state index contributed by atoms with van der Waals surface area (Å²) in [6.07, 6.45) is 6.08. The number of thiophene rings is 1. The highest BCUT2D eigenvalue weighted by Crippen LogP contribution is 2.36. The van der Waals surface area contributed by atoms with Crippen molar-refractivity contribution in [3.63, 3.8) is 0 Å². The van der Waals surface area contributed by atoms with Gasteiger partial charge in [-0.15, -0.1) is 11.3 Å². The SMILES string of the molecule is O=C([O-])C[NH2+]c1ncnc2sc3c(c12)CCCC3. The summed E-state index contributed by atoms with van der Waals surface area (Å²) in [7, 11) is 0. The fourth-order valence-electron chi connectivity index (χ4n) is 2.45. The Bertz CT molecular complexity index is 609. The topological polar surface area (TPSA) is 82.5 Å². The van der Waals surface area contributed by atoms with Crippen LogP contribution in [-0.4, -0.2) is 22.5 Å². The van der Waals surface area contributed by atoms with Crippen LogP contribution >= 0.6 is 11.3 Å². The molecule has 0 amide bonds. The molecule has 94 valence electrons. The first kappa shape index (κ1) is 11.6. The second kappa shape index (κ2) is 4.62. The maximum atomic E-state index is 10.6. The quantitative estimate of drug-likeness (QED) is 0.810. The Balaban J connectivity index is 2.08. The van der Waals surface area contributed by atoms with Crippen molar-refractivity contribution in [2.75, 3.05) is 6.54 Å². The van der Waals surface area contributed by atoms with Crippen LogP contribution in [0.3, 0.4) is 0 Å². The molecule has 0 aliphatic heterocycles. The van der Waals surface area contributed by atoms with Crippen LogP contribution in [0.25, 0.3) is 10.2 Å². The molecular weight excluding hydrogens is 250 g/mol. The number of carbonyl (C=O) groups is 1. The Morgan fingerprint density at radius 2 is 2.22 bits per heavy atom. The molecule has 0 bridgehead atoms. The first-order chi connectivity index (χ1) is 8.75. The van der Waals surface area contributed by atoms with Crippen LogP contribution in [0.4, 0.5) is 5.82 Å². The Kier molecular flexibility index (Phi) is 2.97. The minimum atomic E-state index is -1.08. The lowest BCUT2D eigenvalue weighted by Crippen LogP contribution is -2.81. The van der Waals surface area contributed by atoms with Gasteiger partial charge in [-0.1, -0.05) is 0 Å². The van der Waals surface area contributed by atoms with Crippen LogP contribution in [-0.2, 0) is 17.6 Å². The number of carboxylic acid groups (broad SMARTS) is 1. The maximum absolute atomic E-state index is 10.6. The number of nitrogens with two attached hydrogens (primary N) is 1. The van der Waals surface area contributed by atoms with Crippen molar-refractivity contribution in [3.8, 4) is 0 Å². The lowest BCUT2D eigenvalue weighted by Gasteiger charge is -2.10. The van der Waals surface area contributed by atoms with E-state index in [1.54, 1.807) is 16.7 Å². The van der Waals surface area contributed by atoms with Gasteiger partial charge in [0.25, 0.3) is 0 Å². The molecule has 0 saturated carbocycles. The van der Waals surface area contributed by atoms with Gasteiger partial charge in [-0.25, -0.2) is 4.98 Å². The van der Waals surface area contributed by atoms with E-state index < -0.39 is 5.97 Å². The molecule has 6 heteroatoms. The zero-order valence-electron chi connectivity index (χ0n) is 9.81. The van der Waals surface area contributed by atoms with Crippen LogP contribution in [0.15, 0.2) is 6.33 Å². The highest BCUT2D eigenvalue weighted by atomic mass is 32.1. The van der Waals surface area contributed by atoms with Gasteiger partial charge in [0.15, 0.2) is 0 Å². The molecule has 2 aromatic heterocycles. The van der Waals surface area contributed by atoms with Crippen LogP contribution in [0.1, 0.15) is 23.3 Å². The molecule has 0 spiro atoms. The highest BCUT2D eigenvalue weighted by molar-refractivity contribution is 7.18. The third kappa shape index (κ3) is 1.97. The molecular formula is C12H13N3O2S. The monoisotopic (exact) mass is 263 g/mol. The number of fused-ring (bicyclic) bond motifs is 3. The maximum Gasteiger partial charge on any atom is 0.236 e. The minimum absolute atomic E-state index is 0.100. The van der Waals surface area contributed by atoms with Gasteiger partial charge in [-0.2, -0.15) is 4.98 Å². The standard InChI is InChI=1S/C12H13N3O2S/c16-9(17)5-13-11-10-7-3-1-2-4-8(7)18-12(10)15-6-14-11/h6H,1-5H2,(H,16,17)(H,13,14,15). The van der Waals surface area contributed by atoms with E-state index in [0.29, 0.717) is 0 Å². The Morgan fingerprint density at radius 1 is 1.39 bits per heavy atom. The number of carboxylic acids is 1. The summed E-state index contributed by atoms with van der Waals surface area (Å²) in [6, 6.07) is 0. The lowest BCUT2D eigenvalue weighted by atomic mass is 9.97. The second-order valence-corrected chi connectivity index (χ2v) is 5.51. The van der Waals surface area contributed by atoms with Crippen molar-refractivity contribution in [2.45, 2.75) is 25.7 Å². The largest absolute Gasteiger partial charge is 0.544 e. The van der Waals surface area contributed by atoms with E-state index >= 15 is 0 Å². The number of quaternary nitrogens is 1. The lowest BCUT2D eigenvalue weighted by molar-refractivity contribution is -0.571. The first-order valence-electron chi connectivity index (χ1n) is 6.04. The van der Waals surface area contributed by atoms with Gasteiger partial charge in [0.2, 0.25) is 5.82 Å². The van der Waals surface area contributed by atoms with Gasteiger partial charge < -0.3 is 9.90 Å². The van der Waals surface area contributed by atoms with Crippen molar-refractivity contribution in [1.82, 2.24) is 9.97 Å². The molecule has 18 heavy (non-hydrogen) atoms. The van der Waals surface area contributed by atoms with Gasteiger partial charge in [0.05, 0.1) is 11.4 Å². The van der Waals surface area contributed by atoms with Crippen molar-refractivity contribution < 1.29 is 15.2 Å². The summed E-state index contributed by atoms with van der Waals surface area (Å²) in [5.41, 5.74) is 1.33. The van der Waals surface area contributed by atoms with Gasteiger partial charge >= 0.3 is 0 Å². The van der Waals surface area contributed by atoms with E-state index in [4.69, 9.17) is 0 Å². The zero-order chi connectivity index (χ0) is 12.5.